The molecule has 1 aliphatic rings. The molecule has 1 unspecified atom stereocenters. The van der Waals surface area contributed by atoms with E-state index in [1.165, 1.54) is 24.3 Å². The Bertz CT molecular complexity index is 1050. The molecule has 0 amide bonds. The van der Waals surface area contributed by atoms with E-state index in [0.29, 0.717) is 37.0 Å². The second-order valence-corrected chi connectivity index (χ2v) is 8.42. The summed E-state index contributed by atoms with van der Waals surface area (Å²) in [5, 5.41) is 3.10. The number of nitrogen functional groups attached to an aromatic ring is 1. The zero-order chi connectivity index (χ0) is 23.5. The van der Waals surface area contributed by atoms with Crippen molar-refractivity contribution in [2.45, 2.75) is 25.4 Å². The van der Waals surface area contributed by atoms with Gasteiger partial charge in [-0.05, 0) is 53.4 Å². The maximum Gasteiger partial charge on any atom is 0.226 e. The molecule has 3 aromatic rings. The quantitative estimate of drug-likeness (QED) is 0.506. The van der Waals surface area contributed by atoms with E-state index >= 15 is 0 Å². The summed E-state index contributed by atoms with van der Waals surface area (Å²) in [5.74, 6) is 0.539. The molecule has 0 radical (unpaired) electrons. The summed E-state index contributed by atoms with van der Waals surface area (Å²) in [6.07, 6.45) is 0.853. The Hall–Kier alpha value is -2.97. The van der Waals surface area contributed by atoms with E-state index < -0.39 is 0 Å². The fourth-order valence-electron chi connectivity index (χ4n) is 4.49. The van der Waals surface area contributed by atoms with Crippen molar-refractivity contribution >= 4 is 28.9 Å². The van der Waals surface area contributed by atoms with Gasteiger partial charge in [0.15, 0.2) is 11.6 Å². The van der Waals surface area contributed by atoms with Gasteiger partial charge in [-0.25, -0.2) is 8.78 Å². The Morgan fingerprint density at radius 1 is 1.03 bits per heavy atom. The van der Waals surface area contributed by atoms with E-state index in [-0.39, 0.29) is 29.0 Å². The van der Waals surface area contributed by atoms with Crippen LogP contribution in [0.15, 0.2) is 48.5 Å². The molecule has 0 spiro atoms. The van der Waals surface area contributed by atoms with Crippen molar-refractivity contribution < 1.29 is 8.78 Å². The number of hydrogen-bond acceptors (Lipinski definition) is 6. The van der Waals surface area contributed by atoms with Crippen LogP contribution in [0.5, 0.6) is 0 Å². The summed E-state index contributed by atoms with van der Waals surface area (Å²) in [6, 6.07) is 13.0. The van der Waals surface area contributed by atoms with Crippen LogP contribution in [0.25, 0.3) is 0 Å². The highest BCUT2D eigenvalue weighted by atomic mass is 35.5. The highest BCUT2D eigenvalue weighted by molar-refractivity contribution is 6.28. The number of nitrogens with one attached hydrogen (secondary N) is 1. The molecule has 0 bridgehead atoms. The number of halogens is 3. The van der Waals surface area contributed by atoms with Crippen LogP contribution in [-0.4, -0.2) is 47.6 Å². The molecule has 1 atom stereocenters. The van der Waals surface area contributed by atoms with Gasteiger partial charge in [-0.3, -0.25) is 4.90 Å². The Morgan fingerprint density at radius 2 is 1.61 bits per heavy atom. The first kappa shape index (κ1) is 23.2. The number of nitrogens with zero attached hydrogens (tertiary/aromatic N) is 4. The van der Waals surface area contributed by atoms with Gasteiger partial charge in [-0.1, -0.05) is 31.2 Å². The molecular formula is C24H27ClF2N6. The number of piperazine rings is 1. The van der Waals surface area contributed by atoms with Gasteiger partial charge in [0.25, 0.3) is 0 Å². The predicted octanol–water partition coefficient (Wildman–Crippen LogP) is 4.72. The molecule has 1 aliphatic heterocycles. The van der Waals surface area contributed by atoms with Gasteiger partial charge in [-0.15, -0.1) is 0 Å². The van der Waals surface area contributed by atoms with Crippen molar-refractivity contribution in [2.24, 2.45) is 0 Å². The molecule has 1 fully saturated rings. The molecule has 9 heteroatoms. The Kier molecular flexibility index (Phi) is 6.95. The lowest BCUT2D eigenvalue weighted by atomic mass is 9.95. The lowest BCUT2D eigenvalue weighted by molar-refractivity contribution is 0.180. The van der Waals surface area contributed by atoms with Gasteiger partial charge in [0.2, 0.25) is 5.28 Å². The predicted molar refractivity (Wildman–Crippen MR) is 129 cm³/mol. The maximum absolute atomic E-state index is 13.6. The molecule has 4 rings (SSSR count). The van der Waals surface area contributed by atoms with E-state index in [9.17, 15) is 8.78 Å². The van der Waals surface area contributed by atoms with E-state index in [2.05, 4.69) is 32.0 Å². The second-order valence-electron chi connectivity index (χ2n) is 8.08. The number of benzene rings is 2. The highest BCUT2D eigenvalue weighted by Gasteiger charge is 2.33. The fraction of sp³-hybridized carbons (Fsp3) is 0.333. The Labute approximate surface area is 197 Å². The average Bonchev–Trinajstić information content (AvgIpc) is 2.83. The van der Waals surface area contributed by atoms with Crippen LogP contribution >= 0.6 is 11.6 Å². The molecule has 0 aliphatic carbocycles. The van der Waals surface area contributed by atoms with E-state index in [1.54, 1.807) is 31.3 Å². The minimum absolute atomic E-state index is 0.111. The first-order valence-corrected chi connectivity index (χ1v) is 11.3. The summed E-state index contributed by atoms with van der Waals surface area (Å²) < 4.78 is 27.3. The van der Waals surface area contributed by atoms with E-state index in [0.717, 1.165) is 17.5 Å². The van der Waals surface area contributed by atoms with Gasteiger partial charge in [0.05, 0.1) is 6.04 Å². The third-order valence-electron chi connectivity index (χ3n) is 6.13. The summed E-state index contributed by atoms with van der Waals surface area (Å²) >= 11 is 6.16. The largest absolute Gasteiger partial charge is 0.393 e. The maximum atomic E-state index is 13.6. The van der Waals surface area contributed by atoms with Crippen molar-refractivity contribution in [1.82, 2.24) is 14.9 Å². The molecular weight excluding hydrogens is 446 g/mol. The average molecular weight is 473 g/mol. The lowest BCUT2D eigenvalue weighted by Crippen LogP contribution is -2.54. The standard InChI is InChI=1S/C24H27ClF2N6/c1-3-19-14-32(12-13-33(19)23-20(28)22(29-2)30-24(25)31-23)21(15-4-8-17(26)9-5-15)16-6-10-18(27)11-7-16/h4-11,19,21H,3,12-14,28H2,1-2H3,(H,29,30,31). The zero-order valence-electron chi connectivity index (χ0n) is 18.6. The zero-order valence-corrected chi connectivity index (χ0v) is 19.4. The number of rotatable bonds is 6. The normalized spacial score (nSPS) is 16.9. The lowest BCUT2D eigenvalue weighted by Gasteiger charge is -2.45. The van der Waals surface area contributed by atoms with E-state index in [4.69, 9.17) is 17.3 Å². The van der Waals surface area contributed by atoms with Crippen LogP contribution < -0.4 is 16.0 Å². The van der Waals surface area contributed by atoms with Crippen LogP contribution in [0, 0.1) is 11.6 Å². The molecule has 2 heterocycles. The SMILES string of the molecule is CCC1CN(C(c2ccc(F)cc2)c2ccc(F)cc2)CCN1c1nc(Cl)nc(NC)c1N. The van der Waals surface area contributed by atoms with Crippen LogP contribution in [-0.2, 0) is 0 Å². The molecule has 3 N–H and O–H groups in total. The molecule has 33 heavy (non-hydrogen) atoms. The monoisotopic (exact) mass is 472 g/mol. The van der Waals surface area contributed by atoms with Crippen molar-refractivity contribution in [1.29, 1.82) is 0 Å². The molecule has 1 saturated heterocycles. The number of aromatic nitrogens is 2. The van der Waals surface area contributed by atoms with E-state index in [1.807, 2.05) is 0 Å². The van der Waals surface area contributed by atoms with Crippen LogP contribution in [0.2, 0.25) is 5.28 Å². The van der Waals surface area contributed by atoms with Crippen molar-refractivity contribution in [3.8, 4) is 0 Å². The Morgan fingerprint density at radius 3 is 2.12 bits per heavy atom. The highest BCUT2D eigenvalue weighted by Crippen LogP contribution is 2.35. The summed E-state index contributed by atoms with van der Waals surface area (Å²) in [4.78, 5) is 13.1. The van der Waals surface area contributed by atoms with Gasteiger partial charge in [-0.2, -0.15) is 9.97 Å². The molecule has 2 aromatic carbocycles. The fourth-order valence-corrected chi connectivity index (χ4v) is 4.65. The van der Waals surface area contributed by atoms with Crippen LogP contribution in [0.1, 0.15) is 30.5 Å². The number of nitrogens with two attached hydrogens (primary N) is 1. The third-order valence-corrected chi connectivity index (χ3v) is 6.30. The van der Waals surface area contributed by atoms with Crippen LogP contribution in [0.4, 0.5) is 26.1 Å². The van der Waals surface area contributed by atoms with Crippen molar-refractivity contribution in [3.63, 3.8) is 0 Å². The third kappa shape index (κ3) is 4.86. The molecule has 6 nitrogen and oxygen atoms in total. The Balaban J connectivity index is 1.67. The number of hydrogen-bond donors (Lipinski definition) is 2. The smallest absolute Gasteiger partial charge is 0.226 e. The van der Waals surface area contributed by atoms with Crippen molar-refractivity contribution in [3.05, 3.63) is 76.6 Å². The minimum atomic E-state index is -0.288. The summed E-state index contributed by atoms with van der Waals surface area (Å²) in [5.41, 5.74) is 8.71. The summed E-state index contributed by atoms with van der Waals surface area (Å²) in [7, 11) is 1.74. The van der Waals surface area contributed by atoms with Gasteiger partial charge >= 0.3 is 0 Å². The van der Waals surface area contributed by atoms with Crippen molar-refractivity contribution in [2.75, 3.05) is 42.6 Å². The van der Waals surface area contributed by atoms with Gasteiger partial charge < -0.3 is 16.0 Å². The summed E-state index contributed by atoms with van der Waals surface area (Å²) in [6.45, 7) is 4.19. The second kappa shape index (κ2) is 9.89. The molecule has 174 valence electrons. The first-order chi connectivity index (χ1) is 15.9. The topological polar surface area (TPSA) is 70.3 Å². The first-order valence-electron chi connectivity index (χ1n) is 10.9. The minimum Gasteiger partial charge on any atom is -0.393 e. The number of anilines is 3. The van der Waals surface area contributed by atoms with Gasteiger partial charge in [0.1, 0.15) is 17.3 Å². The molecule has 1 aromatic heterocycles. The molecule has 0 saturated carbocycles. The van der Waals surface area contributed by atoms with Crippen LogP contribution in [0.3, 0.4) is 0 Å². The van der Waals surface area contributed by atoms with Gasteiger partial charge in [0, 0.05) is 32.7 Å².